The van der Waals surface area contributed by atoms with E-state index in [1.165, 1.54) is 0 Å². The molecule has 2 amide bonds. The summed E-state index contributed by atoms with van der Waals surface area (Å²) in [4.78, 5) is 24.6. The van der Waals surface area contributed by atoms with E-state index in [-0.39, 0.29) is 23.3 Å². The number of Topliss-reactive ketones (excluding diaryl/α,β-unsaturated/α-hetero) is 1. The monoisotopic (exact) mass is 284 g/mol. The zero-order valence-corrected chi connectivity index (χ0v) is 12.6. The molecule has 0 radical (unpaired) electrons. The number of aryl methyl sites for hydroxylation is 1. The lowest BCUT2D eigenvalue weighted by Crippen LogP contribution is -2.48. The highest BCUT2D eigenvalue weighted by molar-refractivity contribution is 6.01. The van der Waals surface area contributed by atoms with E-state index in [1.54, 1.807) is 0 Å². The highest BCUT2D eigenvalue weighted by atomic mass is 16.2. The van der Waals surface area contributed by atoms with E-state index in [4.69, 9.17) is 0 Å². The molecule has 4 nitrogen and oxygen atoms in total. The van der Waals surface area contributed by atoms with Gasteiger partial charge in [0.15, 0.2) is 5.78 Å². The molecule has 1 aliphatic heterocycles. The third-order valence-electron chi connectivity index (χ3n) is 4.25. The van der Waals surface area contributed by atoms with E-state index in [0.717, 1.165) is 28.8 Å². The molecule has 2 N–H and O–H groups in total. The molecule has 1 aromatic rings. The third kappa shape index (κ3) is 2.46. The van der Waals surface area contributed by atoms with E-state index in [1.807, 2.05) is 31.2 Å². The molecule has 1 aliphatic carbocycles. The van der Waals surface area contributed by atoms with Gasteiger partial charge in [0.05, 0.1) is 6.04 Å². The second-order valence-corrected chi connectivity index (χ2v) is 6.72. The van der Waals surface area contributed by atoms with Gasteiger partial charge in [0.25, 0.3) is 0 Å². The summed E-state index contributed by atoms with van der Waals surface area (Å²) < 4.78 is 0. The molecule has 0 aromatic heterocycles. The molecule has 4 heteroatoms. The zero-order valence-electron chi connectivity index (χ0n) is 12.6. The van der Waals surface area contributed by atoms with E-state index < -0.39 is 0 Å². The van der Waals surface area contributed by atoms with Crippen molar-refractivity contribution in [1.82, 2.24) is 10.6 Å². The van der Waals surface area contributed by atoms with Crippen LogP contribution in [0.3, 0.4) is 0 Å². The minimum absolute atomic E-state index is 0.100. The van der Waals surface area contributed by atoms with E-state index in [2.05, 4.69) is 24.5 Å². The summed E-state index contributed by atoms with van der Waals surface area (Å²) in [5.74, 6) is 0.127. The van der Waals surface area contributed by atoms with Gasteiger partial charge in [-0.2, -0.15) is 0 Å². The molecule has 0 spiro atoms. The molecule has 3 rings (SSSR count). The standard InChI is InChI=1S/C17H20N2O2/c1-10-6-4-5-7-11(10)15-14-12(18-16(21)19-15)8-17(2,3)9-13(14)20/h4-7,15H,8-9H2,1-3H3,(H2,18,19,21). The van der Waals surface area contributed by atoms with E-state index in [0.29, 0.717) is 6.42 Å². The summed E-state index contributed by atoms with van der Waals surface area (Å²) in [6, 6.07) is 7.31. The number of nitrogens with one attached hydrogen (secondary N) is 2. The maximum Gasteiger partial charge on any atom is 0.319 e. The smallest absolute Gasteiger partial charge is 0.319 e. The minimum atomic E-state index is -0.335. The summed E-state index contributed by atoms with van der Waals surface area (Å²) >= 11 is 0. The van der Waals surface area contributed by atoms with Gasteiger partial charge in [-0.3, -0.25) is 4.79 Å². The van der Waals surface area contributed by atoms with Crippen LogP contribution in [0.5, 0.6) is 0 Å². The maximum absolute atomic E-state index is 12.6. The van der Waals surface area contributed by atoms with Gasteiger partial charge in [0.1, 0.15) is 0 Å². The van der Waals surface area contributed by atoms with Crippen molar-refractivity contribution in [2.45, 2.75) is 39.7 Å². The lowest BCUT2D eigenvalue weighted by atomic mass is 9.72. The number of hydrogen-bond donors (Lipinski definition) is 2. The van der Waals surface area contributed by atoms with Gasteiger partial charge >= 0.3 is 6.03 Å². The molecule has 2 aliphatic rings. The Kier molecular flexibility index (Phi) is 3.12. The quantitative estimate of drug-likeness (QED) is 0.833. The van der Waals surface area contributed by atoms with Crippen molar-refractivity contribution in [3.05, 3.63) is 46.7 Å². The first-order valence-electron chi connectivity index (χ1n) is 7.27. The van der Waals surface area contributed by atoms with Crippen molar-refractivity contribution in [1.29, 1.82) is 0 Å². The number of amides is 2. The van der Waals surface area contributed by atoms with E-state index in [9.17, 15) is 9.59 Å². The van der Waals surface area contributed by atoms with Crippen LogP contribution in [0.1, 0.15) is 43.9 Å². The average Bonchev–Trinajstić information content (AvgIpc) is 2.36. The fraction of sp³-hybridized carbons (Fsp3) is 0.412. The normalized spacial score (nSPS) is 24.2. The molecular weight excluding hydrogens is 264 g/mol. The van der Waals surface area contributed by atoms with Crippen LogP contribution >= 0.6 is 0 Å². The van der Waals surface area contributed by atoms with Crippen molar-refractivity contribution in [2.24, 2.45) is 5.41 Å². The number of urea groups is 1. The van der Waals surface area contributed by atoms with Crippen LogP contribution in [0, 0.1) is 12.3 Å². The summed E-state index contributed by atoms with van der Waals surface area (Å²) in [5, 5.41) is 5.73. The molecule has 0 saturated heterocycles. The summed E-state index contributed by atoms with van der Waals surface area (Å²) in [6.07, 6.45) is 1.25. The van der Waals surface area contributed by atoms with Crippen LogP contribution in [0.25, 0.3) is 0 Å². The Hall–Kier alpha value is -2.10. The molecule has 0 fully saturated rings. The maximum atomic E-state index is 12.6. The van der Waals surface area contributed by atoms with Crippen molar-refractivity contribution < 1.29 is 9.59 Å². The van der Waals surface area contributed by atoms with Gasteiger partial charge < -0.3 is 10.6 Å². The second kappa shape index (κ2) is 4.72. The Balaban J connectivity index is 2.11. The molecule has 0 saturated carbocycles. The van der Waals surface area contributed by atoms with Crippen LogP contribution < -0.4 is 10.6 Å². The van der Waals surface area contributed by atoms with E-state index >= 15 is 0 Å². The number of carbonyl (C=O) groups is 2. The number of ketones is 1. The number of benzene rings is 1. The lowest BCUT2D eigenvalue weighted by molar-refractivity contribution is -0.118. The summed E-state index contributed by atoms with van der Waals surface area (Å²) in [5.41, 5.74) is 3.48. The largest absolute Gasteiger partial charge is 0.327 e. The first kappa shape index (κ1) is 13.9. The Morgan fingerprint density at radius 1 is 1.14 bits per heavy atom. The molecule has 1 heterocycles. The second-order valence-electron chi connectivity index (χ2n) is 6.72. The molecule has 1 unspecified atom stereocenters. The fourth-order valence-corrected chi connectivity index (χ4v) is 3.30. The Bertz CT molecular complexity index is 659. The van der Waals surface area contributed by atoms with Crippen molar-refractivity contribution in [3.63, 3.8) is 0 Å². The Labute approximate surface area is 124 Å². The molecule has 110 valence electrons. The lowest BCUT2D eigenvalue weighted by Gasteiger charge is -2.38. The summed E-state index contributed by atoms with van der Waals surface area (Å²) in [6.45, 7) is 6.12. The van der Waals surface area contributed by atoms with Gasteiger partial charge in [-0.25, -0.2) is 4.79 Å². The topological polar surface area (TPSA) is 58.2 Å². The fourth-order valence-electron chi connectivity index (χ4n) is 3.30. The number of carbonyl (C=O) groups excluding carboxylic acids is 2. The summed E-state index contributed by atoms with van der Waals surface area (Å²) in [7, 11) is 0. The van der Waals surface area contributed by atoms with Crippen LogP contribution in [-0.2, 0) is 4.79 Å². The van der Waals surface area contributed by atoms with Crippen LogP contribution in [0.15, 0.2) is 35.5 Å². The van der Waals surface area contributed by atoms with Gasteiger partial charge in [0, 0.05) is 17.7 Å². The SMILES string of the molecule is Cc1ccccc1C1NC(=O)NC2=C1C(=O)CC(C)(C)C2. The molecule has 0 bridgehead atoms. The first-order chi connectivity index (χ1) is 9.87. The zero-order chi connectivity index (χ0) is 15.2. The van der Waals surface area contributed by atoms with Gasteiger partial charge in [0.2, 0.25) is 0 Å². The van der Waals surface area contributed by atoms with Crippen molar-refractivity contribution in [2.75, 3.05) is 0 Å². The predicted octanol–water partition coefficient (Wildman–Crippen LogP) is 2.99. The molecular formula is C17H20N2O2. The van der Waals surface area contributed by atoms with Gasteiger partial charge in [-0.1, -0.05) is 38.1 Å². The van der Waals surface area contributed by atoms with Crippen LogP contribution in [0.2, 0.25) is 0 Å². The molecule has 1 atom stereocenters. The highest BCUT2D eigenvalue weighted by Gasteiger charge is 2.40. The Morgan fingerprint density at radius 2 is 1.86 bits per heavy atom. The van der Waals surface area contributed by atoms with Gasteiger partial charge in [-0.05, 0) is 29.9 Å². The van der Waals surface area contributed by atoms with Crippen molar-refractivity contribution >= 4 is 11.8 Å². The molecule has 1 aromatic carbocycles. The number of allylic oxidation sites excluding steroid dienone is 1. The number of rotatable bonds is 1. The van der Waals surface area contributed by atoms with Crippen LogP contribution in [0.4, 0.5) is 4.79 Å². The Morgan fingerprint density at radius 3 is 2.57 bits per heavy atom. The minimum Gasteiger partial charge on any atom is -0.327 e. The van der Waals surface area contributed by atoms with Crippen LogP contribution in [-0.4, -0.2) is 11.8 Å². The third-order valence-corrected chi connectivity index (χ3v) is 4.25. The first-order valence-corrected chi connectivity index (χ1v) is 7.27. The van der Waals surface area contributed by atoms with Gasteiger partial charge in [-0.15, -0.1) is 0 Å². The number of hydrogen-bond acceptors (Lipinski definition) is 2. The molecule has 21 heavy (non-hydrogen) atoms. The predicted molar refractivity (Wildman–Crippen MR) is 80.6 cm³/mol. The highest BCUT2D eigenvalue weighted by Crippen LogP contribution is 2.41. The van der Waals surface area contributed by atoms with Crippen molar-refractivity contribution in [3.8, 4) is 0 Å². The average molecular weight is 284 g/mol.